The minimum atomic E-state index is -0.0515. The monoisotopic (exact) mass is 338 g/mol. The number of quaternary nitrogens is 1. The van der Waals surface area contributed by atoms with E-state index in [-0.39, 0.29) is 11.9 Å². The van der Waals surface area contributed by atoms with Crippen LogP contribution in [0.1, 0.15) is 25.3 Å². The molecule has 0 bridgehead atoms. The third-order valence-electron chi connectivity index (χ3n) is 4.49. The van der Waals surface area contributed by atoms with Gasteiger partial charge in [-0.15, -0.1) is 0 Å². The first kappa shape index (κ1) is 18.4. The Bertz CT molecular complexity index is 527. The molecule has 0 unspecified atom stereocenters. The van der Waals surface area contributed by atoms with E-state index in [1.165, 1.54) is 4.90 Å². The molecule has 1 saturated heterocycles. The Kier molecular flexibility index (Phi) is 6.73. The molecule has 0 atom stereocenters. The third kappa shape index (κ3) is 4.32. The Balaban J connectivity index is 2.01. The zero-order chi connectivity index (χ0) is 17.5. The average Bonchev–Trinajstić information content (AvgIpc) is 2.61. The first-order valence-corrected chi connectivity index (χ1v) is 8.42. The molecule has 6 nitrogen and oxygen atoms in total. The topological polar surface area (TPSA) is 58.4 Å². The predicted octanol–water partition coefficient (Wildman–Crippen LogP) is 1.07. The third-order valence-corrected chi connectivity index (χ3v) is 4.49. The van der Waals surface area contributed by atoms with Crippen LogP contribution < -0.4 is 19.1 Å². The summed E-state index contributed by atoms with van der Waals surface area (Å²) in [7, 11) is 4.85. The molecule has 134 valence electrons. The predicted molar refractivity (Wildman–Crippen MR) is 89.9 cm³/mol. The Morgan fingerprint density at radius 3 is 2.12 bits per heavy atom. The number of likely N-dealkylation sites (tertiary alicyclic amines) is 1. The number of carbonyl (C=O) groups excluding carboxylic acids is 1. The summed E-state index contributed by atoms with van der Waals surface area (Å²) in [6, 6.07) is 3.98. The van der Waals surface area contributed by atoms with Crippen molar-refractivity contribution in [2.75, 3.05) is 41.0 Å². The van der Waals surface area contributed by atoms with Gasteiger partial charge in [0.25, 0.3) is 0 Å². The largest absolute Gasteiger partial charge is 0.493 e. The summed E-state index contributed by atoms with van der Waals surface area (Å²) in [4.78, 5) is 13.3. The maximum absolute atomic E-state index is 11.8. The van der Waals surface area contributed by atoms with Crippen LogP contribution in [0, 0.1) is 5.92 Å². The van der Waals surface area contributed by atoms with Crippen LogP contribution in [-0.2, 0) is 16.1 Å². The van der Waals surface area contributed by atoms with E-state index in [0.29, 0.717) is 23.9 Å². The maximum atomic E-state index is 11.8. The van der Waals surface area contributed by atoms with Crippen molar-refractivity contribution in [3.05, 3.63) is 17.7 Å². The van der Waals surface area contributed by atoms with Crippen molar-refractivity contribution in [3.8, 4) is 17.2 Å². The standard InChI is InChI=1S/C18H27NO5/c1-5-24-18(20)14-6-8-19(9-7-14)12-13-10-15(21-2)17(23-4)16(11-13)22-3/h10-11,14H,5-9,12H2,1-4H3/p+1. The van der Waals surface area contributed by atoms with Crippen LogP contribution in [0.3, 0.4) is 0 Å². The number of hydrogen-bond acceptors (Lipinski definition) is 5. The molecule has 0 radical (unpaired) electrons. The highest BCUT2D eigenvalue weighted by Gasteiger charge is 2.28. The molecule has 1 heterocycles. The van der Waals surface area contributed by atoms with Crippen LogP contribution in [0.4, 0.5) is 0 Å². The highest BCUT2D eigenvalue weighted by atomic mass is 16.5. The molecule has 1 aromatic rings. The zero-order valence-corrected chi connectivity index (χ0v) is 15.0. The molecule has 24 heavy (non-hydrogen) atoms. The fourth-order valence-corrected chi connectivity index (χ4v) is 3.22. The van der Waals surface area contributed by atoms with Crippen molar-refractivity contribution in [1.29, 1.82) is 0 Å². The summed E-state index contributed by atoms with van der Waals surface area (Å²) in [5.74, 6) is 1.96. The summed E-state index contributed by atoms with van der Waals surface area (Å²) in [6.45, 7) is 5.09. The van der Waals surface area contributed by atoms with Crippen molar-refractivity contribution < 1.29 is 28.6 Å². The molecule has 0 saturated carbocycles. The van der Waals surface area contributed by atoms with Crippen molar-refractivity contribution >= 4 is 5.97 Å². The SMILES string of the molecule is CCOC(=O)C1CC[NH+](Cc2cc(OC)c(OC)c(OC)c2)CC1. The number of ether oxygens (including phenoxy) is 4. The van der Waals surface area contributed by atoms with Crippen molar-refractivity contribution in [3.63, 3.8) is 0 Å². The van der Waals surface area contributed by atoms with Crippen LogP contribution in [-0.4, -0.2) is 47.0 Å². The smallest absolute Gasteiger partial charge is 0.309 e. The minimum absolute atomic E-state index is 0.0497. The van der Waals surface area contributed by atoms with E-state index in [4.69, 9.17) is 18.9 Å². The van der Waals surface area contributed by atoms with Gasteiger partial charge in [0.05, 0.1) is 46.9 Å². The number of benzene rings is 1. The molecule has 6 heteroatoms. The average molecular weight is 338 g/mol. The van der Waals surface area contributed by atoms with E-state index >= 15 is 0 Å². The molecule has 1 fully saturated rings. The molecular formula is C18H28NO5+. The minimum Gasteiger partial charge on any atom is -0.493 e. The second-order valence-corrected chi connectivity index (χ2v) is 5.99. The van der Waals surface area contributed by atoms with Gasteiger partial charge in [0.15, 0.2) is 11.5 Å². The van der Waals surface area contributed by atoms with Gasteiger partial charge in [-0.2, -0.15) is 0 Å². The number of carbonyl (C=O) groups is 1. The summed E-state index contributed by atoms with van der Waals surface area (Å²) in [5, 5.41) is 0. The van der Waals surface area contributed by atoms with Gasteiger partial charge in [-0.3, -0.25) is 4.79 Å². The van der Waals surface area contributed by atoms with Crippen molar-refractivity contribution in [2.45, 2.75) is 26.3 Å². The summed E-state index contributed by atoms with van der Waals surface area (Å²) in [6.07, 6.45) is 1.75. The molecule has 1 aliphatic rings. The number of hydrogen-bond donors (Lipinski definition) is 1. The summed E-state index contributed by atoms with van der Waals surface area (Å²) < 4.78 is 21.3. The molecule has 0 spiro atoms. The molecule has 1 aliphatic heterocycles. The van der Waals surface area contributed by atoms with Gasteiger partial charge in [0.2, 0.25) is 5.75 Å². The molecule has 0 aromatic heterocycles. The van der Waals surface area contributed by atoms with Crippen LogP contribution in [0.15, 0.2) is 12.1 Å². The van der Waals surface area contributed by atoms with Crippen molar-refractivity contribution in [2.24, 2.45) is 5.92 Å². The van der Waals surface area contributed by atoms with E-state index in [2.05, 4.69) is 0 Å². The molecule has 1 N–H and O–H groups in total. The number of methoxy groups -OCH3 is 3. The highest BCUT2D eigenvalue weighted by molar-refractivity contribution is 5.72. The van der Waals surface area contributed by atoms with E-state index in [1.54, 1.807) is 21.3 Å². The summed E-state index contributed by atoms with van der Waals surface area (Å²) in [5.41, 5.74) is 1.13. The van der Waals surface area contributed by atoms with Crippen LogP contribution in [0.5, 0.6) is 17.2 Å². The normalized spacial score (nSPS) is 20.3. The van der Waals surface area contributed by atoms with Crippen molar-refractivity contribution in [1.82, 2.24) is 0 Å². The Hall–Kier alpha value is -1.95. The maximum Gasteiger partial charge on any atom is 0.309 e. The van der Waals surface area contributed by atoms with Gasteiger partial charge in [-0.05, 0) is 19.1 Å². The zero-order valence-electron chi connectivity index (χ0n) is 15.0. The van der Waals surface area contributed by atoms with Gasteiger partial charge < -0.3 is 23.8 Å². The van der Waals surface area contributed by atoms with E-state index < -0.39 is 0 Å². The van der Waals surface area contributed by atoms with E-state index in [0.717, 1.165) is 38.0 Å². The Labute approximate surface area is 143 Å². The number of rotatable bonds is 7. The van der Waals surface area contributed by atoms with Gasteiger partial charge in [-0.25, -0.2) is 0 Å². The lowest BCUT2D eigenvalue weighted by molar-refractivity contribution is -0.919. The van der Waals surface area contributed by atoms with Crippen LogP contribution >= 0.6 is 0 Å². The lowest BCUT2D eigenvalue weighted by Crippen LogP contribution is -3.11. The fraction of sp³-hybridized carbons (Fsp3) is 0.611. The molecule has 0 aliphatic carbocycles. The second kappa shape index (κ2) is 8.78. The van der Waals surface area contributed by atoms with Gasteiger partial charge in [0, 0.05) is 18.4 Å². The molecular weight excluding hydrogens is 310 g/mol. The quantitative estimate of drug-likeness (QED) is 0.754. The van der Waals surface area contributed by atoms with Crippen LogP contribution in [0.2, 0.25) is 0 Å². The molecule has 2 rings (SSSR count). The van der Waals surface area contributed by atoms with Gasteiger partial charge in [0.1, 0.15) is 6.54 Å². The second-order valence-electron chi connectivity index (χ2n) is 5.99. The first-order valence-electron chi connectivity index (χ1n) is 8.42. The lowest BCUT2D eigenvalue weighted by atomic mass is 9.96. The molecule has 0 amide bonds. The number of nitrogens with one attached hydrogen (secondary N) is 1. The highest BCUT2D eigenvalue weighted by Crippen LogP contribution is 2.38. The van der Waals surface area contributed by atoms with Crippen LogP contribution in [0.25, 0.3) is 0 Å². The number of esters is 1. The molecule has 1 aromatic carbocycles. The summed E-state index contributed by atoms with van der Waals surface area (Å²) >= 11 is 0. The van der Waals surface area contributed by atoms with Gasteiger partial charge >= 0.3 is 5.97 Å². The first-order chi connectivity index (χ1) is 11.6. The fourth-order valence-electron chi connectivity index (χ4n) is 3.22. The van der Waals surface area contributed by atoms with Gasteiger partial charge in [-0.1, -0.05) is 0 Å². The lowest BCUT2D eigenvalue weighted by Gasteiger charge is -2.28. The Morgan fingerprint density at radius 1 is 1.08 bits per heavy atom. The van der Waals surface area contributed by atoms with E-state index in [9.17, 15) is 4.79 Å². The Morgan fingerprint density at radius 2 is 1.67 bits per heavy atom. The number of piperidine rings is 1. The van der Waals surface area contributed by atoms with E-state index in [1.807, 2.05) is 19.1 Å².